The van der Waals surface area contributed by atoms with E-state index in [0.29, 0.717) is 0 Å². The van der Waals surface area contributed by atoms with Gasteiger partial charge in [-0.05, 0) is 53.4 Å². The third-order valence-corrected chi connectivity index (χ3v) is 6.65. The molecule has 0 aromatic rings. The Morgan fingerprint density at radius 2 is 1.38 bits per heavy atom. The Bertz CT molecular complexity index is 567. The second-order valence-electron chi connectivity index (χ2n) is 6.20. The molecule has 8 heteroatoms. The van der Waals surface area contributed by atoms with Crippen molar-refractivity contribution in [1.82, 2.24) is 0 Å². The monoisotopic (exact) mass is 380 g/mol. The average Bonchev–Trinajstić information content (AvgIpc) is 2.34. The maximum Gasteiger partial charge on any atom is 0.340 e. The van der Waals surface area contributed by atoms with Gasteiger partial charge in [0.25, 0.3) is 0 Å². The van der Waals surface area contributed by atoms with E-state index in [1.54, 1.807) is 6.08 Å². The van der Waals surface area contributed by atoms with Crippen LogP contribution in [0, 0.1) is 0 Å². The van der Waals surface area contributed by atoms with E-state index < -0.39 is 21.1 Å². The van der Waals surface area contributed by atoms with Crippen LogP contribution in [0.4, 0.5) is 0 Å². The number of allylic oxidation sites excluding steroid dienone is 5. The van der Waals surface area contributed by atoms with Crippen molar-refractivity contribution in [2.75, 3.05) is 12.5 Å². The lowest BCUT2D eigenvalue weighted by Crippen LogP contribution is -1.96. The normalized spacial score (nSPS) is 16.0. The molecule has 0 saturated heterocycles. The fourth-order valence-electron chi connectivity index (χ4n) is 1.91. The SMILES string of the molecule is CC(C)=CCCC(C)=CCCC(C)=CCOP(=O)(O)CP(=O)(O)O. The minimum atomic E-state index is -4.57. The second kappa shape index (κ2) is 11.2. The first kappa shape index (κ1) is 23.5. The molecule has 0 spiro atoms. The van der Waals surface area contributed by atoms with E-state index in [-0.39, 0.29) is 6.61 Å². The largest absolute Gasteiger partial charge is 0.340 e. The molecule has 0 aliphatic carbocycles. The molecule has 6 nitrogen and oxygen atoms in total. The van der Waals surface area contributed by atoms with Crippen molar-refractivity contribution < 1.29 is 28.3 Å². The molecular weight excluding hydrogens is 350 g/mol. The van der Waals surface area contributed by atoms with E-state index in [4.69, 9.17) is 14.3 Å². The van der Waals surface area contributed by atoms with Gasteiger partial charge in [0.15, 0.2) is 5.90 Å². The average molecular weight is 380 g/mol. The molecular formula is C16H30O6P2. The lowest BCUT2D eigenvalue weighted by molar-refractivity contribution is 0.287. The summed E-state index contributed by atoms with van der Waals surface area (Å²) in [4.78, 5) is 26.7. The van der Waals surface area contributed by atoms with Crippen molar-refractivity contribution in [3.8, 4) is 0 Å². The van der Waals surface area contributed by atoms with Crippen LogP contribution < -0.4 is 0 Å². The molecule has 0 heterocycles. The van der Waals surface area contributed by atoms with Gasteiger partial charge in [-0.25, -0.2) is 0 Å². The maximum absolute atomic E-state index is 11.5. The van der Waals surface area contributed by atoms with Crippen LogP contribution in [0.5, 0.6) is 0 Å². The first-order valence-corrected chi connectivity index (χ1v) is 11.4. The predicted octanol–water partition coefficient (Wildman–Crippen LogP) is 4.74. The van der Waals surface area contributed by atoms with Crippen molar-refractivity contribution in [3.05, 3.63) is 34.9 Å². The van der Waals surface area contributed by atoms with Crippen LogP contribution >= 0.6 is 15.2 Å². The molecule has 24 heavy (non-hydrogen) atoms. The highest BCUT2D eigenvalue weighted by Gasteiger charge is 2.30. The number of rotatable bonds is 11. The Balaban J connectivity index is 4.18. The van der Waals surface area contributed by atoms with Gasteiger partial charge in [-0.1, -0.05) is 34.9 Å². The van der Waals surface area contributed by atoms with Gasteiger partial charge in [0.05, 0.1) is 6.61 Å². The zero-order valence-electron chi connectivity index (χ0n) is 14.9. The van der Waals surface area contributed by atoms with Crippen LogP contribution in [0.2, 0.25) is 0 Å². The third kappa shape index (κ3) is 15.1. The molecule has 0 rings (SSSR count). The van der Waals surface area contributed by atoms with Crippen LogP contribution in [-0.2, 0) is 13.7 Å². The minimum Gasteiger partial charge on any atom is -0.324 e. The summed E-state index contributed by atoms with van der Waals surface area (Å²) in [6.45, 7) is 8.02. The van der Waals surface area contributed by atoms with Crippen LogP contribution in [-0.4, -0.2) is 27.2 Å². The highest BCUT2D eigenvalue weighted by molar-refractivity contribution is 7.70. The van der Waals surface area contributed by atoms with Gasteiger partial charge in [-0.3, -0.25) is 9.13 Å². The van der Waals surface area contributed by atoms with E-state index in [2.05, 4.69) is 32.9 Å². The smallest absolute Gasteiger partial charge is 0.324 e. The van der Waals surface area contributed by atoms with E-state index >= 15 is 0 Å². The van der Waals surface area contributed by atoms with Crippen LogP contribution in [0.25, 0.3) is 0 Å². The van der Waals surface area contributed by atoms with Crippen molar-refractivity contribution in [2.45, 2.75) is 53.4 Å². The van der Waals surface area contributed by atoms with Gasteiger partial charge >= 0.3 is 15.2 Å². The van der Waals surface area contributed by atoms with Gasteiger partial charge in [-0.15, -0.1) is 0 Å². The Morgan fingerprint density at radius 3 is 1.88 bits per heavy atom. The molecule has 0 saturated carbocycles. The lowest BCUT2D eigenvalue weighted by Gasteiger charge is -2.11. The van der Waals surface area contributed by atoms with Crippen molar-refractivity contribution in [3.63, 3.8) is 0 Å². The Morgan fingerprint density at radius 1 is 0.875 bits per heavy atom. The molecule has 140 valence electrons. The Hall–Kier alpha value is -0.480. The summed E-state index contributed by atoms with van der Waals surface area (Å²) in [5, 5.41) is 0. The minimum absolute atomic E-state index is 0.136. The van der Waals surface area contributed by atoms with E-state index in [1.807, 2.05) is 6.92 Å². The highest BCUT2D eigenvalue weighted by Crippen LogP contribution is 2.55. The molecule has 3 N–H and O–H groups in total. The molecule has 0 radical (unpaired) electrons. The maximum atomic E-state index is 11.5. The summed E-state index contributed by atoms with van der Waals surface area (Å²) >= 11 is 0. The molecule has 0 aromatic carbocycles. The van der Waals surface area contributed by atoms with Gasteiger partial charge in [-0.2, -0.15) is 0 Å². The number of hydrogen-bond acceptors (Lipinski definition) is 3. The molecule has 0 aliphatic heterocycles. The molecule has 1 atom stereocenters. The standard InChI is InChI=1S/C16H30O6P2/c1-14(2)7-5-8-15(3)9-6-10-16(4)11-12-22-24(20,21)13-23(17,18)19/h7,9,11H,5-6,8,10,12-13H2,1-4H3,(H,20,21)(H2,17,18,19). The molecule has 0 aliphatic rings. The summed E-state index contributed by atoms with van der Waals surface area (Å²) in [5.74, 6) is -1.15. The Labute approximate surface area is 145 Å². The van der Waals surface area contributed by atoms with Crippen molar-refractivity contribution in [2.24, 2.45) is 0 Å². The predicted molar refractivity (Wildman–Crippen MR) is 98.1 cm³/mol. The van der Waals surface area contributed by atoms with E-state index in [0.717, 1.165) is 31.3 Å². The van der Waals surface area contributed by atoms with E-state index in [9.17, 15) is 14.0 Å². The molecule has 0 aromatic heterocycles. The summed E-state index contributed by atoms with van der Waals surface area (Å²) in [5.41, 5.74) is 3.65. The van der Waals surface area contributed by atoms with Gasteiger partial charge in [0, 0.05) is 0 Å². The number of hydrogen-bond donors (Lipinski definition) is 3. The zero-order chi connectivity index (χ0) is 18.8. The molecule has 1 unspecified atom stereocenters. The van der Waals surface area contributed by atoms with Crippen LogP contribution in [0.15, 0.2) is 34.9 Å². The zero-order valence-corrected chi connectivity index (χ0v) is 16.7. The summed E-state index contributed by atoms with van der Waals surface area (Å²) in [6, 6.07) is 0. The topological polar surface area (TPSA) is 104 Å². The fourth-order valence-corrected chi connectivity index (χ4v) is 4.41. The van der Waals surface area contributed by atoms with Gasteiger partial charge in [0.2, 0.25) is 0 Å². The second-order valence-corrected chi connectivity index (χ2v) is 10.2. The summed E-state index contributed by atoms with van der Waals surface area (Å²) < 4.78 is 26.9. The fraction of sp³-hybridized carbons (Fsp3) is 0.625. The summed E-state index contributed by atoms with van der Waals surface area (Å²) in [7, 11) is -8.82. The molecule has 0 amide bonds. The van der Waals surface area contributed by atoms with Crippen LogP contribution in [0.3, 0.4) is 0 Å². The van der Waals surface area contributed by atoms with Gasteiger partial charge < -0.3 is 19.2 Å². The highest BCUT2D eigenvalue weighted by atomic mass is 31.2. The quantitative estimate of drug-likeness (QED) is 0.353. The first-order valence-electron chi connectivity index (χ1n) is 7.87. The Kier molecular flexibility index (Phi) is 11.0. The first-order chi connectivity index (χ1) is 10.9. The van der Waals surface area contributed by atoms with Crippen molar-refractivity contribution >= 4 is 15.2 Å². The van der Waals surface area contributed by atoms with Gasteiger partial charge in [0.1, 0.15) is 0 Å². The third-order valence-electron chi connectivity index (χ3n) is 3.19. The van der Waals surface area contributed by atoms with Crippen molar-refractivity contribution in [1.29, 1.82) is 0 Å². The lowest BCUT2D eigenvalue weighted by atomic mass is 10.1. The summed E-state index contributed by atoms with van der Waals surface area (Å²) in [6.07, 6.45) is 9.81. The molecule has 0 bridgehead atoms. The van der Waals surface area contributed by atoms with E-state index in [1.165, 1.54) is 11.1 Å². The van der Waals surface area contributed by atoms with Crippen LogP contribution in [0.1, 0.15) is 53.4 Å². The molecule has 0 fully saturated rings.